The maximum Gasteiger partial charge on any atom is 0.327 e. The minimum Gasteiger partial charge on any atom is -0.494 e. The highest BCUT2D eigenvalue weighted by Gasteiger charge is 2.25. The van der Waals surface area contributed by atoms with Crippen molar-refractivity contribution in [1.29, 1.82) is 0 Å². The summed E-state index contributed by atoms with van der Waals surface area (Å²) in [5.74, 6) is -2.63. The van der Waals surface area contributed by atoms with Crippen molar-refractivity contribution >= 4 is 22.0 Å². The van der Waals surface area contributed by atoms with E-state index in [2.05, 4.69) is 5.32 Å². The van der Waals surface area contributed by atoms with Crippen LogP contribution in [0.25, 0.3) is 0 Å². The van der Waals surface area contributed by atoms with E-state index in [1.54, 1.807) is 24.3 Å². The second-order valence-corrected chi connectivity index (χ2v) is 6.37. The quantitative estimate of drug-likeness (QED) is 0.555. The molecule has 0 spiro atoms. The van der Waals surface area contributed by atoms with Gasteiger partial charge in [-0.05, 0) is 24.1 Å². The van der Waals surface area contributed by atoms with Gasteiger partial charge >= 0.3 is 5.97 Å². The lowest BCUT2D eigenvalue weighted by molar-refractivity contribution is -0.141. The van der Waals surface area contributed by atoms with Gasteiger partial charge in [-0.1, -0.05) is 19.1 Å². The average Bonchev–Trinajstić information content (AvgIpc) is 2.44. The zero-order valence-electron chi connectivity index (χ0n) is 12.6. The van der Waals surface area contributed by atoms with Gasteiger partial charge in [-0.25, -0.2) is 4.79 Å². The summed E-state index contributed by atoms with van der Waals surface area (Å²) in [6, 6.07) is 4.98. The zero-order valence-corrected chi connectivity index (χ0v) is 13.4. The van der Waals surface area contributed by atoms with Crippen molar-refractivity contribution in [3.05, 3.63) is 29.8 Å². The molecule has 0 radical (unpaired) electrons. The van der Waals surface area contributed by atoms with Gasteiger partial charge in [0, 0.05) is 0 Å². The third-order valence-electron chi connectivity index (χ3n) is 2.77. The summed E-state index contributed by atoms with van der Waals surface area (Å²) in [5.41, 5.74) is 0.613. The second kappa shape index (κ2) is 8.49. The molecule has 1 atom stereocenters. The van der Waals surface area contributed by atoms with Crippen molar-refractivity contribution in [2.45, 2.75) is 25.8 Å². The topological polar surface area (TPSA) is 130 Å². The van der Waals surface area contributed by atoms with E-state index in [-0.39, 0.29) is 6.42 Å². The molecule has 23 heavy (non-hydrogen) atoms. The number of rotatable bonds is 9. The first-order valence-corrected chi connectivity index (χ1v) is 8.51. The van der Waals surface area contributed by atoms with E-state index in [1.165, 1.54) is 0 Å². The fourth-order valence-corrected chi connectivity index (χ4v) is 2.39. The number of amides is 1. The van der Waals surface area contributed by atoms with Crippen molar-refractivity contribution in [2.75, 3.05) is 12.4 Å². The summed E-state index contributed by atoms with van der Waals surface area (Å²) < 4.78 is 35.6. The number of carboxylic acids is 1. The van der Waals surface area contributed by atoms with Crippen LogP contribution in [0, 0.1) is 0 Å². The molecule has 9 heteroatoms. The molecule has 1 aromatic rings. The van der Waals surface area contributed by atoms with Crippen LogP contribution in [0.5, 0.6) is 5.75 Å². The fourth-order valence-electron chi connectivity index (χ4n) is 1.74. The predicted molar refractivity (Wildman–Crippen MR) is 81.9 cm³/mol. The number of ether oxygens (including phenoxy) is 1. The largest absolute Gasteiger partial charge is 0.494 e. The smallest absolute Gasteiger partial charge is 0.327 e. The van der Waals surface area contributed by atoms with Crippen LogP contribution >= 0.6 is 0 Å². The SMILES string of the molecule is CCCOc1ccc(CC(=O)NC(CS(=O)(=O)O)C(=O)O)cc1. The van der Waals surface area contributed by atoms with Gasteiger partial charge in [0.05, 0.1) is 13.0 Å². The van der Waals surface area contributed by atoms with Gasteiger partial charge in [-0.3, -0.25) is 9.35 Å². The van der Waals surface area contributed by atoms with Gasteiger partial charge in [0.2, 0.25) is 5.91 Å². The lowest BCUT2D eigenvalue weighted by Gasteiger charge is -2.13. The molecular formula is C14H19NO7S. The van der Waals surface area contributed by atoms with Crippen LogP contribution in [0.15, 0.2) is 24.3 Å². The summed E-state index contributed by atoms with van der Waals surface area (Å²) >= 11 is 0. The van der Waals surface area contributed by atoms with Crippen LogP contribution in [-0.2, 0) is 26.1 Å². The van der Waals surface area contributed by atoms with Crippen molar-refractivity contribution in [3.8, 4) is 5.75 Å². The average molecular weight is 345 g/mol. The summed E-state index contributed by atoms with van der Waals surface area (Å²) in [6.45, 7) is 2.56. The summed E-state index contributed by atoms with van der Waals surface area (Å²) in [7, 11) is -4.51. The Morgan fingerprint density at radius 3 is 2.35 bits per heavy atom. The normalized spacial score (nSPS) is 12.4. The summed E-state index contributed by atoms with van der Waals surface area (Å²) in [5, 5.41) is 10.9. The van der Waals surface area contributed by atoms with E-state index in [0.29, 0.717) is 17.9 Å². The van der Waals surface area contributed by atoms with Gasteiger partial charge in [-0.2, -0.15) is 8.42 Å². The Hall–Kier alpha value is -2.13. The first kappa shape index (κ1) is 18.9. The molecule has 0 saturated heterocycles. The minimum absolute atomic E-state index is 0.122. The Morgan fingerprint density at radius 2 is 1.87 bits per heavy atom. The fraction of sp³-hybridized carbons (Fsp3) is 0.429. The molecule has 0 aromatic heterocycles. The monoisotopic (exact) mass is 345 g/mol. The number of carbonyl (C=O) groups is 2. The molecule has 0 saturated carbocycles. The number of hydrogen-bond donors (Lipinski definition) is 3. The van der Waals surface area contributed by atoms with Crippen molar-refractivity contribution in [2.24, 2.45) is 0 Å². The molecule has 0 aliphatic carbocycles. The molecule has 1 amide bonds. The molecule has 0 heterocycles. The first-order chi connectivity index (χ1) is 10.7. The van der Waals surface area contributed by atoms with E-state index in [1.807, 2.05) is 6.92 Å². The molecule has 1 aromatic carbocycles. The van der Waals surface area contributed by atoms with Gasteiger partial charge in [-0.15, -0.1) is 0 Å². The van der Waals surface area contributed by atoms with Gasteiger partial charge < -0.3 is 15.2 Å². The molecule has 0 aliphatic heterocycles. The van der Waals surface area contributed by atoms with E-state index in [0.717, 1.165) is 6.42 Å². The van der Waals surface area contributed by atoms with Crippen LogP contribution in [-0.4, -0.2) is 48.4 Å². The predicted octanol–water partition coefficient (Wildman–Crippen LogP) is 0.475. The van der Waals surface area contributed by atoms with Gasteiger partial charge in [0.15, 0.2) is 0 Å². The second-order valence-electron chi connectivity index (χ2n) is 4.88. The number of hydrogen-bond acceptors (Lipinski definition) is 5. The minimum atomic E-state index is -4.51. The third-order valence-corrected chi connectivity index (χ3v) is 3.53. The maximum absolute atomic E-state index is 11.8. The third kappa shape index (κ3) is 7.61. The van der Waals surface area contributed by atoms with E-state index in [9.17, 15) is 18.0 Å². The van der Waals surface area contributed by atoms with E-state index < -0.39 is 33.8 Å². The van der Waals surface area contributed by atoms with Crippen LogP contribution in [0.2, 0.25) is 0 Å². The lowest BCUT2D eigenvalue weighted by Crippen LogP contribution is -2.45. The highest BCUT2D eigenvalue weighted by atomic mass is 32.2. The Morgan fingerprint density at radius 1 is 1.26 bits per heavy atom. The number of nitrogens with one attached hydrogen (secondary N) is 1. The van der Waals surface area contributed by atoms with Crippen LogP contribution in [0.1, 0.15) is 18.9 Å². The Bertz CT molecular complexity index is 640. The number of carboxylic acid groups (broad SMARTS) is 1. The van der Waals surface area contributed by atoms with E-state index in [4.69, 9.17) is 14.4 Å². The number of aliphatic carboxylic acids is 1. The number of carbonyl (C=O) groups excluding carboxylic acids is 1. The lowest BCUT2D eigenvalue weighted by atomic mass is 10.1. The van der Waals surface area contributed by atoms with Crippen molar-refractivity contribution in [1.82, 2.24) is 5.32 Å². The molecule has 0 aliphatic rings. The first-order valence-electron chi connectivity index (χ1n) is 6.90. The summed E-state index contributed by atoms with van der Waals surface area (Å²) in [6.07, 6.45) is 0.748. The molecule has 1 rings (SSSR count). The van der Waals surface area contributed by atoms with Crippen LogP contribution in [0.3, 0.4) is 0 Å². The molecule has 3 N–H and O–H groups in total. The summed E-state index contributed by atoms with van der Waals surface area (Å²) in [4.78, 5) is 22.7. The highest BCUT2D eigenvalue weighted by molar-refractivity contribution is 7.85. The van der Waals surface area contributed by atoms with Crippen LogP contribution in [0.4, 0.5) is 0 Å². The van der Waals surface area contributed by atoms with Crippen LogP contribution < -0.4 is 10.1 Å². The molecular weight excluding hydrogens is 326 g/mol. The molecule has 0 bridgehead atoms. The Labute approximate surface area is 134 Å². The molecule has 128 valence electrons. The molecule has 8 nitrogen and oxygen atoms in total. The highest BCUT2D eigenvalue weighted by Crippen LogP contribution is 2.13. The van der Waals surface area contributed by atoms with Crippen molar-refractivity contribution in [3.63, 3.8) is 0 Å². The zero-order chi connectivity index (χ0) is 17.5. The molecule has 1 unspecified atom stereocenters. The maximum atomic E-state index is 11.8. The standard InChI is InChI=1S/C14H19NO7S/c1-2-7-22-11-5-3-10(4-6-11)8-13(16)15-12(14(17)18)9-23(19,20)21/h3-6,12H,2,7-9H2,1H3,(H,15,16)(H,17,18)(H,19,20,21). The van der Waals surface area contributed by atoms with Gasteiger partial charge in [0.1, 0.15) is 17.5 Å². The van der Waals surface area contributed by atoms with Gasteiger partial charge in [0.25, 0.3) is 10.1 Å². The van der Waals surface area contributed by atoms with E-state index >= 15 is 0 Å². The Balaban J connectivity index is 2.62. The van der Waals surface area contributed by atoms with Crippen molar-refractivity contribution < 1.29 is 32.4 Å². The number of benzene rings is 1. The molecule has 0 fully saturated rings. The Kier molecular flexibility index (Phi) is 6.98.